The lowest BCUT2D eigenvalue weighted by Gasteiger charge is -2.43. The number of aromatic amines is 1. The molecule has 0 saturated carbocycles. The van der Waals surface area contributed by atoms with E-state index in [4.69, 9.17) is 14.2 Å². The molecule has 14 heteroatoms. The van der Waals surface area contributed by atoms with Crippen molar-refractivity contribution in [2.45, 2.75) is 77.7 Å². The molecule has 0 aliphatic carbocycles. The Kier molecular flexibility index (Phi) is 13.8. The van der Waals surface area contributed by atoms with Crippen molar-refractivity contribution in [1.29, 1.82) is 0 Å². The highest BCUT2D eigenvalue weighted by molar-refractivity contribution is 5.84. The third-order valence-electron chi connectivity index (χ3n) is 11.8. The first-order valence-electron chi connectivity index (χ1n) is 21.0. The summed E-state index contributed by atoms with van der Waals surface area (Å²) in [7, 11) is 0. The molecule has 4 heterocycles. The third-order valence-corrected chi connectivity index (χ3v) is 11.8. The van der Waals surface area contributed by atoms with Gasteiger partial charge in [-0.3, -0.25) is 24.4 Å². The van der Waals surface area contributed by atoms with Crippen LogP contribution in [-0.4, -0.2) is 130 Å². The number of aryl methyl sites for hydroxylation is 2. The summed E-state index contributed by atoms with van der Waals surface area (Å²) in [5.41, 5.74) is 4.41. The van der Waals surface area contributed by atoms with E-state index in [1.165, 1.54) is 4.68 Å². The highest BCUT2D eigenvalue weighted by atomic mass is 16.6. The van der Waals surface area contributed by atoms with Gasteiger partial charge in [0, 0.05) is 70.4 Å². The van der Waals surface area contributed by atoms with Crippen LogP contribution >= 0.6 is 0 Å². The van der Waals surface area contributed by atoms with E-state index in [9.17, 15) is 19.2 Å². The lowest BCUT2D eigenvalue weighted by Crippen LogP contribution is -2.55. The number of aromatic nitrogens is 3. The van der Waals surface area contributed by atoms with Crippen LogP contribution < -0.4 is 10.4 Å². The van der Waals surface area contributed by atoms with Gasteiger partial charge in [-0.2, -0.15) is 0 Å². The van der Waals surface area contributed by atoms with Gasteiger partial charge in [0.15, 0.2) is 11.9 Å². The number of carbonyl (C=O) groups excluding carboxylic acids is 3. The van der Waals surface area contributed by atoms with Crippen molar-refractivity contribution in [3.05, 3.63) is 106 Å². The topological polar surface area (TPSA) is 143 Å². The Morgan fingerprint density at radius 1 is 0.780 bits per heavy atom. The highest BCUT2D eigenvalue weighted by Crippen LogP contribution is 2.29. The minimum Gasteiger partial charge on any atom is -0.488 e. The Labute approximate surface area is 346 Å². The van der Waals surface area contributed by atoms with Gasteiger partial charge in [0.05, 0.1) is 19.2 Å². The van der Waals surface area contributed by atoms with Crippen LogP contribution in [-0.2, 0) is 32.1 Å². The maximum Gasteiger partial charge on any atom is 0.410 e. The molecule has 2 amide bonds. The van der Waals surface area contributed by atoms with Crippen molar-refractivity contribution in [1.82, 2.24) is 34.4 Å². The van der Waals surface area contributed by atoms with Crippen molar-refractivity contribution in [2.75, 3.05) is 65.5 Å². The molecule has 0 spiro atoms. The number of hydrogen-bond donors (Lipinski definition) is 1. The SMILES string of the molecule is CCOC(=O)CN1CCN(C2CCN(C(=O)C(Cc3cc(C)c(OCc4ccccc4)c(C)c3)OC(=O)N3CCC(n4nc(-c5ccccc5)[nH]c4=O)CC3)CC2)CC1. The van der Waals surface area contributed by atoms with E-state index in [0.29, 0.717) is 70.6 Å². The first-order valence-corrected chi connectivity index (χ1v) is 21.0. The molecule has 3 fully saturated rings. The second-order valence-corrected chi connectivity index (χ2v) is 15.9. The van der Waals surface area contributed by atoms with Crippen LogP contribution in [0.5, 0.6) is 5.75 Å². The number of nitrogens with zero attached hydrogens (tertiary/aromatic N) is 6. The van der Waals surface area contributed by atoms with Crippen LogP contribution in [0.4, 0.5) is 4.79 Å². The molecule has 3 saturated heterocycles. The van der Waals surface area contributed by atoms with E-state index in [0.717, 1.165) is 72.6 Å². The summed E-state index contributed by atoms with van der Waals surface area (Å²) < 4.78 is 19.0. The molecular weight excluding hydrogens is 751 g/mol. The number of nitrogens with one attached hydrogen (secondary N) is 1. The van der Waals surface area contributed by atoms with Gasteiger partial charge in [-0.1, -0.05) is 72.8 Å². The van der Waals surface area contributed by atoms with E-state index >= 15 is 0 Å². The average molecular weight is 808 g/mol. The zero-order chi connectivity index (χ0) is 41.3. The molecule has 1 N–H and O–H groups in total. The summed E-state index contributed by atoms with van der Waals surface area (Å²) in [6.07, 6.45) is 1.38. The van der Waals surface area contributed by atoms with Gasteiger partial charge in [-0.25, -0.2) is 14.3 Å². The molecule has 59 heavy (non-hydrogen) atoms. The first-order chi connectivity index (χ1) is 28.6. The minimum atomic E-state index is -1.01. The number of H-pyrrole nitrogens is 1. The van der Waals surface area contributed by atoms with Crippen LogP contribution in [0, 0.1) is 13.8 Å². The van der Waals surface area contributed by atoms with E-state index < -0.39 is 12.2 Å². The van der Waals surface area contributed by atoms with Crippen LogP contribution in [0.15, 0.2) is 77.6 Å². The highest BCUT2D eigenvalue weighted by Gasteiger charge is 2.36. The maximum atomic E-state index is 14.4. The van der Waals surface area contributed by atoms with Crippen molar-refractivity contribution < 1.29 is 28.6 Å². The normalized spacial score (nSPS) is 17.7. The van der Waals surface area contributed by atoms with E-state index in [-0.39, 0.29) is 30.0 Å². The fraction of sp³-hybridized carbons (Fsp3) is 0.489. The molecular formula is C45H57N7O7. The summed E-state index contributed by atoms with van der Waals surface area (Å²) >= 11 is 0. The number of carbonyl (C=O) groups is 3. The monoisotopic (exact) mass is 807 g/mol. The molecule has 3 aromatic carbocycles. The lowest BCUT2D eigenvalue weighted by molar-refractivity contribution is -0.145. The summed E-state index contributed by atoms with van der Waals surface area (Å²) in [6, 6.07) is 23.7. The predicted molar refractivity (Wildman–Crippen MR) is 223 cm³/mol. The Balaban J connectivity index is 0.995. The lowest BCUT2D eigenvalue weighted by atomic mass is 9.98. The van der Waals surface area contributed by atoms with Crippen molar-refractivity contribution in [3.8, 4) is 17.1 Å². The first kappa shape index (κ1) is 41.7. The van der Waals surface area contributed by atoms with Crippen molar-refractivity contribution >= 4 is 18.0 Å². The van der Waals surface area contributed by atoms with Gasteiger partial charge in [-0.15, -0.1) is 5.10 Å². The Hall–Kier alpha value is -5.47. The van der Waals surface area contributed by atoms with Crippen LogP contribution in [0.3, 0.4) is 0 Å². The molecule has 1 aromatic heterocycles. The summed E-state index contributed by atoms with van der Waals surface area (Å²) in [6.45, 7) is 12.2. The van der Waals surface area contributed by atoms with E-state index in [1.54, 1.807) is 4.90 Å². The van der Waals surface area contributed by atoms with Gasteiger partial charge in [0.2, 0.25) is 0 Å². The molecule has 4 aromatic rings. The minimum absolute atomic E-state index is 0.173. The third kappa shape index (κ3) is 10.6. The quantitative estimate of drug-likeness (QED) is 0.184. The largest absolute Gasteiger partial charge is 0.488 e. The smallest absolute Gasteiger partial charge is 0.410 e. The summed E-state index contributed by atoms with van der Waals surface area (Å²) in [5.74, 6) is 0.935. The molecule has 14 nitrogen and oxygen atoms in total. The molecule has 1 atom stereocenters. The van der Waals surface area contributed by atoms with E-state index in [1.807, 2.05) is 98.5 Å². The number of piperidine rings is 2. The molecule has 7 rings (SSSR count). The predicted octanol–water partition coefficient (Wildman–Crippen LogP) is 4.99. The molecule has 314 valence electrons. The molecule has 1 unspecified atom stereocenters. The van der Waals surface area contributed by atoms with Crippen LogP contribution in [0.25, 0.3) is 11.4 Å². The molecule has 3 aliphatic rings. The van der Waals surface area contributed by atoms with E-state index in [2.05, 4.69) is 19.9 Å². The Morgan fingerprint density at radius 3 is 2.03 bits per heavy atom. The summed E-state index contributed by atoms with van der Waals surface area (Å²) in [5, 5.41) is 4.58. The number of piperazine rings is 1. The second-order valence-electron chi connectivity index (χ2n) is 15.9. The number of benzene rings is 3. The Morgan fingerprint density at radius 2 is 1.39 bits per heavy atom. The summed E-state index contributed by atoms with van der Waals surface area (Å²) in [4.78, 5) is 64.1. The number of amides is 2. The fourth-order valence-corrected chi connectivity index (χ4v) is 8.64. The van der Waals surface area contributed by atoms with Crippen molar-refractivity contribution in [3.63, 3.8) is 0 Å². The van der Waals surface area contributed by atoms with Gasteiger partial charge >= 0.3 is 17.8 Å². The molecule has 0 bridgehead atoms. The van der Waals surface area contributed by atoms with Gasteiger partial charge in [-0.05, 0) is 68.7 Å². The maximum absolute atomic E-state index is 14.4. The van der Waals surface area contributed by atoms with Crippen molar-refractivity contribution in [2.24, 2.45) is 0 Å². The standard InChI is InChI=1S/C45H57N7O7/c1-4-57-40(53)30-48-23-25-49(26-24-48)37-15-19-50(20-16-37)43(54)39(29-35-27-32(2)41(33(3)28-35)58-31-34-11-7-5-8-12-34)59-45(56)51-21-17-38(18-22-51)52-44(55)46-42(47-52)36-13-9-6-10-14-36/h5-14,27-28,37-39H,4,15-26,29-31H2,1-3H3,(H,46,47,55). The number of rotatable bonds is 13. The van der Waals surface area contributed by atoms with Crippen LogP contribution in [0.1, 0.15) is 60.9 Å². The van der Waals surface area contributed by atoms with Crippen LogP contribution in [0.2, 0.25) is 0 Å². The zero-order valence-electron chi connectivity index (χ0n) is 34.5. The zero-order valence-corrected chi connectivity index (χ0v) is 34.5. The molecule has 3 aliphatic heterocycles. The van der Waals surface area contributed by atoms with Gasteiger partial charge in [0.1, 0.15) is 12.4 Å². The second kappa shape index (κ2) is 19.5. The number of likely N-dealkylation sites (tertiary alicyclic amines) is 2. The number of esters is 1. The molecule has 0 radical (unpaired) electrons. The van der Waals surface area contributed by atoms with Gasteiger partial charge in [0.25, 0.3) is 5.91 Å². The number of hydrogen-bond acceptors (Lipinski definition) is 10. The number of ether oxygens (including phenoxy) is 3. The fourth-order valence-electron chi connectivity index (χ4n) is 8.64. The van der Waals surface area contributed by atoms with Gasteiger partial charge < -0.3 is 24.0 Å². The Bertz CT molecular complexity index is 2060. The average Bonchev–Trinajstić information content (AvgIpc) is 3.65.